The fourth-order valence-electron chi connectivity index (χ4n) is 3.03. The molecule has 0 heterocycles. The first-order chi connectivity index (χ1) is 18.5. The molecule has 0 fully saturated rings. The summed E-state index contributed by atoms with van der Waals surface area (Å²) in [6.07, 6.45) is -0.509. The Morgan fingerprint density at radius 3 is 1.73 bits per heavy atom. The summed E-state index contributed by atoms with van der Waals surface area (Å²) in [6.45, 7) is 11.5. The predicted molar refractivity (Wildman–Crippen MR) is 162 cm³/mol. The number of aryl methyl sites for hydroxylation is 3. The maximum atomic E-state index is 13.4. The average molecular weight is 750 g/mol. The highest BCUT2D eigenvalue weighted by molar-refractivity contribution is 9.11. The Labute approximate surface area is 258 Å². The molecule has 0 spiro atoms. The lowest BCUT2D eigenvalue weighted by atomic mass is 10.1. The highest BCUT2D eigenvalue weighted by Gasteiger charge is 2.16. The van der Waals surface area contributed by atoms with Crippen molar-refractivity contribution >= 4 is 53.9 Å². The number of nitrogens with one attached hydrogen (secondary N) is 1. The van der Waals surface area contributed by atoms with Gasteiger partial charge in [0.15, 0.2) is 0 Å². The number of halogens is 6. The zero-order valence-electron chi connectivity index (χ0n) is 23.0. The van der Waals surface area contributed by atoms with Crippen LogP contribution in [0.15, 0.2) is 49.8 Å². The van der Waals surface area contributed by atoms with Crippen molar-refractivity contribution in [3.05, 3.63) is 101 Å². The largest absolute Gasteiger partial charge is 0.444 e. The van der Waals surface area contributed by atoms with Gasteiger partial charge < -0.3 is 15.8 Å². The summed E-state index contributed by atoms with van der Waals surface area (Å²) < 4.78 is 45.4. The van der Waals surface area contributed by atoms with Crippen LogP contribution in [0.3, 0.4) is 0 Å². The number of rotatable bonds is 3. The number of amides is 1. The molecule has 0 unspecified atom stereocenters. The Hall–Kier alpha value is -2.39. The molecule has 0 saturated heterocycles. The van der Waals surface area contributed by atoms with E-state index in [1.807, 2.05) is 19.9 Å². The van der Waals surface area contributed by atoms with Gasteiger partial charge in [-0.3, -0.25) is 0 Å². The van der Waals surface area contributed by atoms with Crippen LogP contribution in [0.25, 0.3) is 0 Å². The van der Waals surface area contributed by atoms with E-state index in [-0.39, 0.29) is 18.2 Å². The van der Waals surface area contributed by atoms with Crippen molar-refractivity contribution in [2.75, 3.05) is 0 Å². The first kappa shape index (κ1) is 35.6. The van der Waals surface area contributed by atoms with Crippen LogP contribution < -0.4 is 11.1 Å². The molecule has 0 saturated carbocycles. The normalized spacial score (nSPS) is 10.4. The maximum absolute atomic E-state index is 13.4. The van der Waals surface area contributed by atoms with Gasteiger partial charge in [0, 0.05) is 13.1 Å². The Morgan fingerprint density at radius 1 is 0.850 bits per heavy atom. The van der Waals surface area contributed by atoms with E-state index in [2.05, 4.69) is 53.1 Å². The van der Waals surface area contributed by atoms with Crippen LogP contribution in [0.4, 0.5) is 18.0 Å². The van der Waals surface area contributed by atoms with E-state index in [1.54, 1.807) is 45.9 Å². The second-order valence-corrected chi connectivity index (χ2v) is 12.2. The summed E-state index contributed by atoms with van der Waals surface area (Å²) in [5.41, 5.74) is 9.50. The van der Waals surface area contributed by atoms with Gasteiger partial charge in [0.25, 0.3) is 0 Å². The number of nitrogens with zero attached hydrogens (tertiary/aromatic N) is 1. The Morgan fingerprint density at radius 2 is 1.27 bits per heavy atom. The minimum Gasteiger partial charge on any atom is -0.444 e. The number of hydrogen-bond donors (Lipinski definition) is 2. The third-order valence-electron chi connectivity index (χ3n) is 5.19. The quantitative estimate of drug-likeness (QED) is 0.280. The van der Waals surface area contributed by atoms with Crippen molar-refractivity contribution in [1.29, 1.82) is 5.26 Å². The number of alkyl carbamates (subject to hydrolysis) is 1. The molecule has 11 heteroatoms. The van der Waals surface area contributed by atoms with E-state index in [4.69, 9.17) is 15.7 Å². The molecule has 3 aromatic carbocycles. The molecular weight excluding hydrogens is 719 g/mol. The number of carbonyl (C=O) groups excluding carboxylic acids is 1. The molecule has 3 aromatic rings. The van der Waals surface area contributed by atoms with Crippen LogP contribution in [-0.4, -0.2) is 11.7 Å². The van der Waals surface area contributed by atoms with Crippen LogP contribution in [-0.2, 0) is 17.8 Å². The number of nitrogens with two attached hydrogens (primary N) is 1. The molecule has 40 heavy (non-hydrogen) atoms. The summed E-state index contributed by atoms with van der Waals surface area (Å²) in [4.78, 5) is 11.5. The van der Waals surface area contributed by atoms with Gasteiger partial charge in [-0.1, -0.05) is 0 Å². The van der Waals surface area contributed by atoms with Crippen LogP contribution >= 0.6 is 47.8 Å². The molecule has 1 amide bonds. The van der Waals surface area contributed by atoms with Crippen LogP contribution in [0.1, 0.15) is 54.2 Å². The first-order valence-corrected chi connectivity index (χ1v) is 14.3. The molecule has 0 aliphatic rings. The number of benzene rings is 3. The number of nitriles is 1. The lowest BCUT2D eigenvalue weighted by Crippen LogP contribution is -2.32. The van der Waals surface area contributed by atoms with Crippen molar-refractivity contribution in [2.24, 2.45) is 5.73 Å². The van der Waals surface area contributed by atoms with E-state index >= 15 is 0 Å². The molecular formula is C29H31Br3F3N3O2. The highest BCUT2D eigenvalue weighted by atomic mass is 79.9. The van der Waals surface area contributed by atoms with Crippen molar-refractivity contribution < 1.29 is 22.7 Å². The van der Waals surface area contributed by atoms with Gasteiger partial charge in [-0.05, 0) is 154 Å². The molecule has 0 radical (unpaired) electrons. The van der Waals surface area contributed by atoms with E-state index in [9.17, 15) is 18.0 Å². The van der Waals surface area contributed by atoms with Gasteiger partial charge in [-0.15, -0.1) is 0 Å². The topological polar surface area (TPSA) is 88.1 Å². The molecule has 0 aromatic heterocycles. The van der Waals surface area contributed by atoms with Crippen molar-refractivity contribution in [3.63, 3.8) is 0 Å². The fourth-order valence-corrected chi connectivity index (χ4v) is 4.41. The van der Waals surface area contributed by atoms with Gasteiger partial charge in [-0.25, -0.2) is 18.0 Å². The van der Waals surface area contributed by atoms with Gasteiger partial charge in [0.2, 0.25) is 0 Å². The molecule has 3 rings (SSSR count). The SMILES string of the molecule is Cc1cc(Br)c(F)cc1C#N.Cc1cc(Br)c(F)cc1CN.Cc1cc(Br)c(F)cc1CNC(=O)OC(C)(C)C. The Balaban J connectivity index is 0.000000315. The van der Waals surface area contributed by atoms with E-state index in [0.29, 0.717) is 25.5 Å². The summed E-state index contributed by atoms with van der Waals surface area (Å²) >= 11 is 9.23. The average Bonchev–Trinajstić information content (AvgIpc) is 2.85. The highest BCUT2D eigenvalue weighted by Crippen LogP contribution is 2.22. The third-order valence-corrected chi connectivity index (χ3v) is 7.01. The summed E-state index contributed by atoms with van der Waals surface area (Å²) in [7, 11) is 0. The van der Waals surface area contributed by atoms with Gasteiger partial charge in [0.1, 0.15) is 23.1 Å². The molecule has 3 N–H and O–H groups in total. The standard InChI is InChI=1S/C13H17BrFNO2.C8H9BrFN.C8H5BrFN/c1-8-5-10(14)11(15)6-9(8)7-16-12(17)18-13(2,3)4;2*1-5-2-7(9)8(10)3-6(5)4-11/h5-6H,7H2,1-4H3,(H,16,17);2-3H,4,11H2,1H3;2-3H,1H3. The van der Waals surface area contributed by atoms with Crippen molar-refractivity contribution in [2.45, 2.75) is 60.2 Å². The van der Waals surface area contributed by atoms with Crippen molar-refractivity contribution in [1.82, 2.24) is 5.32 Å². The van der Waals surface area contributed by atoms with Crippen LogP contribution in [0.5, 0.6) is 0 Å². The molecule has 0 bridgehead atoms. The summed E-state index contributed by atoms with van der Waals surface area (Å²) in [5, 5.41) is 11.1. The molecule has 216 valence electrons. The second-order valence-electron chi connectivity index (χ2n) is 9.64. The van der Waals surface area contributed by atoms with Gasteiger partial charge in [-0.2, -0.15) is 5.26 Å². The maximum Gasteiger partial charge on any atom is 0.407 e. The number of ether oxygens (including phenoxy) is 1. The van der Waals surface area contributed by atoms with E-state index in [1.165, 1.54) is 18.2 Å². The van der Waals surface area contributed by atoms with E-state index < -0.39 is 17.5 Å². The Bertz CT molecular complexity index is 1380. The smallest absolute Gasteiger partial charge is 0.407 e. The van der Waals surface area contributed by atoms with Gasteiger partial charge >= 0.3 is 6.09 Å². The monoisotopic (exact) mass is 747 g/mol. The lowest BCUT2D eigenvalue weighted by Gasteiger charge is -2.20. The number of carbonyl (C=O) groups is 1. The zero-order chi connectivity index (χ0) is 30.8. The number of hydrogen-bond acceptors (Lipinski definition) is 4. The molecule has 0 aliphatic heterocycles. The fraction of sp³-hybridized carbons (Fsp3) is 0.310. The summed E-state index contributed by atoms with van der Waals surface area (Å²) in [5.74, 6) is -0.996. The Kier molecular flexibility index (Phi) is 14.4. The second kappa shape index (κ2) is 16.2. The van der Waals surface area contributed by atoms with Gasteiger partial charge in [0.05, 0.1) is 25.1 Å². The molecule has 0 atom stereocenters. The summed E-state index contributed by atoms with van der Waals surface area (Å²) in [6, 6.07) is 11.0. The first-order valence-electron chi connectivity index (χ1n) is 11.9. The minimum absolute atomic E-state index is 0.241. The van der Waals surface area contributed by atoms with E-state index in [0.717, 1.165) is 27.8 Å². The third kappa shape index (κ3) is 12.0. The zero-order valence-corrected chi connectivity index (χ0v) is 27.7. The van der Waals surface area contributed by atoms with Crippen molar-refractivity contribution in [3.8, 4) is 6.07 Å². The predicted octanol–water partition coefficient (Wildman–Crippen LogP) is 9.04. The van der Waals surface area contributed by atoms with Crippen LogP contribution in [0, 0.1) is 49.6 Å². The molecule has 0 aliphatic carbocycles. The molecule has 5 nitrogen and oxygen atoms in total. The lowest BCUT2D eigenvalue weighted by molar-refractivity contribution is 0.0523. The van der Waals surface area contributed by atoms with Crippen LogP contribution in [0.2, 0.25) is 0 Å². The minimum atomic E-state index is -0.538.